The number of rotatable bonds is 4. The van der Waals surface area contributed by atoms with Crippen molar-refractivity contribution in [1.29, 1.82) is 0 Å². The lowest BCUT2D eigenvalue weighted by molar-refractivity contribution is -0.156. The van der Waals surface area contributed by atoms with Crippen LogP contribution < -0.4 is 5.32 Å². The molecule has 2 heterocycles. The number of hydrogen-bond donors (Lipinski definition) is 3. The molecule has 7 nitrogen and oxygen atoms in total. The summed E-state index contributed by atoms with van der Waals surface area (Å²) >= 11 is 0. The molecule has 0 aliphatic carbocycles. The maximum absolute atomic E-state index is 12.6. The topological polar surface area (TPSA) is 96.7 Å². The predicted octanol–water partition coefficient (Wildman–Crippen LogP) is 0.0429. The molecule has 10 heteroatoms. The van der Waals surface area contributed by atoms with E-state index in [0.717, 1.165) is 6.20 Å². The molecule has 0 spiro atoms. The number of aliphatic hydroxyl groups is 2. The lowest BCUT2D eigenvalue weighted by Gasteiger charge is -2.37. The van der Waals surface area contributed by atoms with E-state index in [1.54, 1.807) is 0 Å². The average molecular weight is 323 g/mol. The van der Waals surface area contributed by atoms with Crippen molar-refractivity contribution in [2.45, 2.75) is 30.5 Å². The van der Waals surface area contributed by atoms with E-state index in [1.807, 2.05) is 0 Å². The molecule has 1 aromatic heterocycles. The van der Waals surface area contributed by atoms with Gasteiger partial charge in [-0.2, -0.15) is 13.2 Å². The van der Waals surface area contributed by atoms with E-state index in [9.17, 15) is 23.4 Å². The first-order valence-corrected chi connectivity index (χ1v) is 6.45. The van der Waals surface area contributed by atoms with Gasteiger partial charge in [0.05, 0.1) is 31.6 Å². The van der Waals surface area contributed by atoms with E-state index in [4.69, 9.17) is 9.47 Å². The molecule has 1 saturated heterocycles. The molecule has 22 heavy (non-hydrogen) atoms. The molecule has 0 unspecified atom stereocenters. The van der Waals surface area contributed by atoms with Gasteiger partial charge in [0.15, 0.2) is 5.69 Å². The van der Waals surface area contributed by atoms with Crippen molar-refractivity contribution in [2.24, 2.45) is 0 Å². The van der Waals surface area contributed by atoms with E-state index in [1.165, 1.54) is 7.11 Å². The number of ether oxygens (including phenoxy) is 2. The Kier molecular flexibility index (Phi) is 5.16. The zero-order chi connectivity index (χ0) is 16.3. The maximum atomic E-state index is 12.6. The van der Waals surface area contributed by atoms with Crippen LogP contribution in [0, 0.1) is 0 Å². The van der Waals surface area contributed by atoms with Crippen molar-refractivity contribution in [2.75, 3.05) is 25.6 Å². The second-order valence-electron chi connectivity index (χ2n) is 4.85. The van der Waals surface area contributed by atoms with Crippen LogP contribution in [0.25, 0.3) is 0 Å². The van der Waals surface area contributed by atoms with Crippen LogP contribution in [0.2, 0.25) is 0 Å². The Bertz CT molecular complexity index is 503. The summed E-state index contributed by atoms with van der Waals surface area (Å²) in [6.45, 7) is 0.0679. The lowest BCUT2D eigenvalue weighted by atomic mass is 9.98. The van der Waals surface area contributed by atoms with Crippen LogP contribution in [0.4, 0.5) is 19.0 Å². The fourth-order valence-electron chi connectivity index (χ4n) is 2.08. The standard InChI is InChI=1S/C12H16F3N3O4/c1-21-5-7-11(20)10(19)6(4-22-7)17-9-3-16-2-8(18-9)12(13,14)15/h2-3,6-7,10-11,19-20H,4-5H2,1H3,(H,17,18)/t6-,7-,10-,11+/m1/s1. The molecule has 1 aliphatic rings. The number of halogens is 3. The van der Waals surface area contributed by atoms with Gasteiger partial charge in [0.25, 0.3) is 0 Å². The number of methoxy groups -OCH3 is 1. The van der Waals surface area contributed by atoms with Gasteiger partial charge in [0.1, 0.15) is 24.1 Å². The molecule has 0 saturated carbocycles. The minimum absolute atomic E-state index is 0.0236. The quantitative estimate of drug-likeness (QED) is 0.720. The molecule has 1 fully saturated rings. The fourth-order valence-corrected chi connectivity index (χ4v) is 2.08. The molecule has 2 rings (SSSR count). The molecule has 0 bridgehead atoms. The molecular formula is C12H16F3N3O4. The smallest absolute Gasteiger partial charge is 0.388 e. The third-order valence-corrected chi connectivity index (χ3v) is 3.22. The van der Waals surface area contributed by atoms with Crippen LogP contribution in [-0.4, -0.2) is 64.9 Å². The van der Waals surface area contributed by atoms with Gasteiger partial charge in [-0.15, -0.1) is 0 Å². The van der Waals surface area contributed by atoms with Crippen molar-refractivity contribution in [3.63, 3.8) is 0 Å². The highest BCUT2D eigenvalue weighted by atomic mass is 19.4. The van der Waals surface area contributed by atoms with Crippen molar-refractivity contribution in [1.82, 2.24) is 9.97 Å². The number of nitrogens with one attached hydrogen (secondary N) is 1. The molecular weight excluding hydrogens is 307 g/mol. The third-order valence-electron chi connectivity index (χ3n) is 3.22. The van der Waals surface area contributed by atoms with Crippen molar-refractivity contribution in [3.05, 3.63) is 18.1 Å². The first-order valence-electron chi connectivity index (χ1n) is 6.45. The van der Waals surface area contributed by atoms with Crippen LogP contribution >= 0.6 is 0 Å². The second kappa shape index (κ2) is 6.73. The Morgan fingerprint density at radius 3 is 2.73 bits per heavy atom. The van der Waals surface area contributed by atoms with Crippen LogP contribution in [-0.2, 0) is 15.7 Å². The van der Waals surface area contributed by atoms with Gasteiger partial charge in [-0.1, -0.05) is 0 Å². The number of anilines is 1. The summed E-state index contributed by atoms with van der Waals surface area (Å²) in [6, 6.07) is -0.819. The maximum Gasteiger partial charge on any atom is 0.434 e. The normalized spacial score (nSPS) is 29.4. The van der Waals surface area contributed by atoms with Gasteiger partial charge >= 0.3 is 6.18 Å². The second-order valence-corrected chi connectivity index (χ2v) is 4.85. The molecule has 0 radical (unpaired) electrons. The van der Waals surface area contributed by atoms with Gasteiger partial charge < -0.3 is 25.0 Å². The summed E-state index contributed by atoms with van der Waals surface area (Å²) < 4.78 is 47.8. The van der Waals surface area contributed by atoms with Crippen LogP contribution in [0.3, 0.4) is 0 Å². The average Bonchev–Trinajstić information content (AvgIpc) is 2.46. The van der Waals surface area contributed by atoms with Crippen LogP contribution in [0.5, 0.6) is 0 Å². The van der Waals surface area contributed by atoms with E-state index in [2.05, 4.69) is 15.3 Å². The summed E-state index contributed by atoms with van der Waals surface area (Å²) in [6.07, 6.45) is -6.10. The number of alkyl halides is 3. The van der Waals surface area contributed by atoms with E-state index in [-0.39, 0.29) is 19.0 Å². The Morgan fingerprint density at radius 2 is 2.09 bits per heavy atom. The highest BCUT2D eigenvalue weighted by molar-refractivity contribution is 5.34. The monoisotopic (exact) mass is 323 g/mol. The summed E-state index contributed by atoms with van der Waals surface area (Å²) in [5.41, 5.74) is -1.15. The summed E-state index contributed by atoms with van der Waals surface area (Å²) in [5.74, 6) is -0.167. The summed E-state index contributed by atoms with van der Waals surface area (Å²) in [4.78, 5) is 6.84. The number of aliphatic hydroxyl groups excluding tert-OH is 2. The van der Waals surface area contributed by atoms with E-state index in [0.29, 0.717) is 6.20 Å². The fraction of sp³-hybridized carbons (Fsp3) is 0.667. The zero-order valence-corrected chi connectivity index (χ0v) is 11.6. The van der Waals surface area contributed by atoms with Crippen molar-refractivity contribution in [3.8, 4) is 0 Å². The van der Waals surface area contributed by atoms with Crippen molar-refractivity contribution < 1.29 is 32.9 Å². The molecule has 4 atom stereocenters. The Labute approximate surface area is 124 Å². The SMILES string of the molecule is COC[C@H]1OC[C@@H](Nc2cncc(C(F)(F)F)n2)[C@@H](O)[C@H]1O. The van der Waals surface area contributed by atoms with Gasteiger partial charge in [-0.3, -0.25) is 4.98 Å². The number of aromatic nitrogens is 2. The Balaban J connectivity index is 2.05. The van der Waals surface area contributed by atoms with Gasteiger partial charge in [-0.05, 0) is 0 Å². The van der Waals surface area contributed by atoms with Gasteiger partial charge in [-0.25, -0.2) is 4.98 Å². The lowest BCUT2D eigenvalue weighted by Crippen LogP contribution is -2.56. The first-order chi connectivity index (χ1) is 10.3. The molecule has 0 aromatic carbocycles. The minimum Gasteiger partial charge on any atom is -0.388 e. The van der Waals surface area contributed by atoms with Gasteiger partial charge in [0, 0.05) is 7.11 Å². The van der Waals surface area contributed by atoms with Crippen molar-refractivity contribution >= 4 is 5.82 Å². The van der Waals surface area contributed by atoms with Gasteiger partial charge in [0.2, 0.25) is 0 Å². The van der Waals surface area contributed by atoms with Crippen LogP contribution in [0.1, 0.15) is 5.69 Å². The largest absolute Gasteiger partial charge is 0.434 e. The zero-order valence-electron chi connectivity index (χ0n) is 11.6. The number of nitrogens with zero attached hydrogens (tertiary/aromatic N) is 2. The highest BCUT2D eigenvalue weighted by Crippen LogP contribution is 2.28. The molecule has 0 amide bonds. The summed E-state index contributed by atoms with van der Waals surface area (Å²) in [5, 5.41) is 22.5. The molecule has 1 aromatic rings. The minimum atomic E-state index is -4.62. The third kappa shape index (κ3) is 3.83. The molecule has 124 valence electrons. The van der Waals surface area contributed by atoms with E-state index < -0.39 is 36.2 Å². The Hall–Kier alpha value is -1.49. The first kappa shape index (κ1) is 16.9. The number of hydrogen-bond acceptors (Lipinski definition) is 7. The van der Waals surface area contributed by atoms with E-state index >= 15 is 0 Å². The summed E-state index contributed by atoms with van der Waals surface area (Å²) in [7, 11) is 1.42. The predicted molar refractivity (Wildman–Crippen MR) is 68.1 cm³/mol. The molecule has 3 N–H and O–H groups in total. The highest BCUT2D eigenvalue weighted by Gasteiger charge is 2.39. The Morgan fingerprint density at radius 1 is 1.36 bits per heavy atom. The molecule has 1 aliphatic heterocycles. The van der Waals surface area contributed by atoms with Crippen LogP contribution in [0.15, 0.2) is 12.4 Å².